The van der Waals surface area contributed by atoms with Crippen LogP contribution < -0.4 is 0 Å². The topological polar surface area (TPSA) is 55.4 Å². The third-order valence-electron chi connectivity index (χ3n) is 7.68. The molecule has 2 rings (SSSR count). The van der Waals surface area contributed by atoms with Gasteiger partial charge in [0.1, 0.15) is 0 Å². The molecular weight excluding hydrogens is 566 g/mol. The van der Waals surface area contributed by atoms with Crippen molar-refractivity contribution >= 4 is 17.2 Å². The highest BCUT2D eigenvalue weighted by Gasteiger charge is 2.25. The first-order valence-corrected chi connectivity index (χ1v) is 20.2. The lowest BCUT2D eigenvalue weighted by molar-refractivity contribution is 0.222. The van der Waals surface area contributed by atoms with E-state index in [0.717, 1.165) is 32.0 Å². The highest BCUT2D eigenvalue weighted by Crippen LogP contribution is 2.46. The van der Waals surface area contributed by atoms with Gasteiger partial charge in [0, 0.05) is 0 Å². The molecule has 0 aromatic heterocycles. The molecule has 42 heavy (non-hydrogen) atoms. The summed E-state index contributed by atoms with van der Waals surface area (Å²) in [6, 6.07) is 0. The third kappa shape index (κ3) is 27.0. The second-order valence-electron chi connectivity index (χ2n) is 12.8. The van der Waals surface area contributed by atoms with E-state index < -0.39 is 17.2 Å². The van der Waals surface area contributed by atoms with Crippen LogP contribution in [0.3, 0.4) is 0 Å². The summed E-state index contributed by atoms with van der Waals surface area (Å²) in [5.41, 5.74) is 0. The molecule has 0 aromatic rings. The maximum atomic E-state index is 5.61. The minimum atomic E-state index is -1.03. The molecule has 0 aliphatic carbocycles. The van der Waals surface area contributed by atoms with Crippen LogP contribution in [0.15, 0.2) is 0 Å². The number of unbranched alkanes of at least 4 members (excludes halogenated alkanes) is 19. The second kappa shape index (κ2) is 30.3. The molecule has 4 unspecified atom stereocenters. The summed E-state index contributed by atoms with van der Waals surface area (Å²) in [6.07, 6.45) is 30.6. The summed E-state index contributed by atoms with van der Waals surface area (Å²) < 4.78 is 32.9. The van der Waals surface area contributed by atoms with Crippen LogP contribution in [0.2, 0.25) is 0 Å². The zero-order valence-corrected chi connectivity index (χ0v) is 30.2. The molecule has 2 fully saturated rings. The van der Waals surface area contributed by atoms with Gasteiger partial charge in [-0.15, -0.1) is 0 Å². The van der Waals surface area contributed by atoms with Crippen LogP contribution in [-0.4, -0.2) is 38.6 Å². The number of hydrogen-bond acceptors (Lipinski definition) is 6. The van der Waals surface area contributed by atoms with E-state index in [1.807, 2.05) is 13.8 Å². The third-order valence-corrected chi connectivity index (χ3v) is 10.2. The van der Waals surface area contributed by atoms with E-state index in [9.17, 15) is 0 Å². The summed E-state index contributed by atoms with van der Waals surface area (Å²) in [4.78, 5) is 0. The molecule has 0 spiro atoms. The first-order valence-electron chi connectivity index (χ1n) is 18.0. The van der Waals surface area contributed by atoms with Gasteiger partial charge in [-0.05, 0) is 32.6 Å². The monoisotopic (exact) mass is 636 g/mol. The predicted molar refractivity (Wildman–Crippen MR) is 181 cm³/mol. The SMILES string of the molecule is CC(C)CCCCCCCOP1OCC(C)O1.CCCCCCCCCCCCCCCCCCOP1OCC(C)O1. The fourth-order valence-electron chi connectivity index (χ4n) is 5.00. The average molecular weight is 637 g/mol. The molecule has 0 amide bonds. The van der Waals surface area contributed by atoms with Crippen LogP contribution in [0.4, 0.5) is 0 Å². The molecular formula is C34H70O6P2. The molecule has 0 radical (unpaired) electrons. The van der Waals surface area contributed by atoms with E-state index >= 15 is 0 Å². The minimum absolute atomic E-state index is 0.205. The van der Waals surface area contributed by atoms with E-state index in [1.54, 1.807) is 0 Å². The van der Waals surface area contributed by atoms with Gasteiger partial charge in [-0.2, -0.15) is 0 Å². The lowest BCUT2D eigenvalue weighted by atomic mass is 10.0. The van der Waals surface area contributed by atoms with Crippen molar-refractivity contribution in [3.8, 4) is 0 Å². The van der Waals surface area contributed by atoms with Gasteiger partial charge in [-0.3, -0.25) is 0 Å². The van der Waals surface area contributed by atoms with Gasteiger partial charge in [0.25, 0.3) is 0 Å². The molecule has 6 nitrogen and oxygen atoms in total. The molecule has 2 heterocycles. The van der Waals surface area contributed by atoms with Crippen LogP contribution >= 0.6 is 17.2 Å². The maximum absolute atomic E-state index is 5.61. The van der Waals surface area contributed by atoms with Crippen LogP contribution in [0.5, 0.6) is 0 Å². The largest absolute Gasteiger partial charge is 0.333 e. The van der Waals surface area contributed by atoms with Gasteiger partial charge in [-0.1, -0.05) is 149 Å². The Morgan fingerprint density at radius 1 is 0.524 bits per heavy atom. The van der Waals surface area contributed by atoms with Crippen molar-refractivity contribution in [1.82, 2.24) is 0 Å². The van der Waals surface area contributed by atoms with Crippen molar-refractivity contribution in [2.75, 3.05) is 26.4 Å². The highest BCUT2D eigenvalue weighted by molar-refractivity contribution is 7.42. The molecule has 4 atom stereocenters. The molecule has 0 N–H and O–H groups in total. The summed E-state index contributed by atoms with van der Waals surface area (Å²) in [7, 11) is -2.05. The molecule has 0 aromatic carbocycles. The zero-order chi connectivity index (χ0) is 30.5. The Morgan fingerprint density at radius 2 is 0.857 bits per heavy atom. The van der Waals surface area contributed by atoms with Crippen molar-refractivity contribution in [2.24, 2.45) is 5.92 Å². The van der Waals surface area contributed by atoms with Crippen LogP contribution in [0, 0.1) is 5.92 Å². The molecule has 8 heteroatoms. The fraction of sp³-hybridized carbons (Fsp3) is 1.00. The Hall–Kier alpha value is 0.620. The van der Waals surface area contributed by atoms with Crippen LogP contribution in [-0.2, 0) is 27.1 Å². The van der Waals surface area contributed by atoms with Gasteiger partial charge in [0.15, 0.2) is 0 Å². The lowest BCUT2D eigenvalue weighted by Gasteiger charge is -2.08. The van der Waals surface area contributed by atoms with Gasteiger partial charge in [0.2, 0.25) is 0 Å². The van der Waals surface area contributed by atoms with Gasteiger partial charge >= 0.3 is 17.2 Å². The van der Waals surface area contributed by atoms with Crippen molar-refractivity contribution in [2.45, 2.75) is 188 Å². The lowest BCUT2D eigenvalue weighted by Crippen LogP contribution is -2.00. The Morgan fingerprint density at radius 3 is 1.17 bits per heavy atom. The standard InChI is InChI=1S/C21H43O3P.C13H27O3P/c1-3-4-5-6-7-8-9-10-11-12-13-14-15-16-17-18-19-22-25-23-20-21(2)24-25;1-12(2)9-7-5-4-6-8-10-14-17-15-11-13(3)16-17/h21H,3-20H2,1-2H3;12-13H,4-11H2,1-3H3. The van der Waals surface area contributed by atoms with E-state index in [4.69, 9.17) is 27.1 Å². The summed E-state index contributed by atoms with van der Waals surface area (Å²) in [6.45, 7) is 13.8. The Bertz CT molecular complexity index is 556. The second-order valence-corrected chi connectivity index (χ2v) is 15.1. The maximum Gasteiger partial charge on any atom is 0.333 e. The zero-order valence-electron chi connectivity index (χ0n) is 28.5. The molecule has 252 valence electrons. The summed E-state index contributed by atoms with van der Waals surface area (Å²) in [5.74, 6) is 0.847. The smallest absolute Gasteiger partial charge is 0.312 e. The van der Waals surface area contributed by atoms with Gasteiger partial charge in [-0.25, -0.2) is 0 Å². The molecule has 2 aliphatic heterocycles. The molecule has 2 saturated heterocycles. The van der Waals surface area contributed by atoms with Crippen molar-refractivity contribution in [3.63, 3.8) is 0 Å². The van der Waals surface area contributed by atoms with Crippen LogP contribution in [0.1, 0.15) is 176 Å². The Balaban J connectivity index is 0.000000452. The first-order chi connectivity index (χ1) is 20.5. The molecule has 0 saturated carbocycles. The van der Waals surface area contributed by atoms with Crippen molar-refractivity contribution in [1.29, 1.82) is 0 Å². The van der Waals surface area contributed by atoms with Crippen molar-refractivity contribution < 1.29 is 27.1 Å². The molecule has 2 aliphatic rings. The highest BCUT2D eigenvalue weighted by atomic mass is 31.2. The normalized spacial score (nSPS) is 22.1. The van der Waals surface area contributed by atoms with E-state index in [2.05, 4.69) is 20.8 Å². The Labute approximate surface area is 264 Å². The summed E-state index contributed by atoms with van der Waals surface area (Å²) in [5, 5.41) is 0. The fourth-order valence-corrected chi connectivity index (χ4v) is 7.32. The summed E-state index contributed by atoms with van der Waals surface area (Å²) >= 11 is 0. The van der Waals surface area contributed by atoms with Gasteiger partial charge < -0.3 is 27.1 Å². The minimum Gasteiger partial charge on any atom is -0.312 e. The predicted octanol–water partition coefficient (Wildman–Crippen LogP) is 12.6. The van der Waals surface area contributed by atoms with Crippen LogP contribution in [0.25, 0.3) is 0 Å². The van der Waals surface area contributed by atoms with E-state index in [1.165, 1.54) is 128 Å². The first kappa shape index (κ1) is 40.6. The quantitative estimate of drug-likeness (QED) is 0.0660. The van der Waals surface area contributed by atoms with Gasteiger partial charge in [0.05, 0.1) is 38.6 Å². The van der Waals surface area contributed by atoms with Crippen molar-refractivity contribution in [3.05, 3.63) is 0 Å². The number of rotatable bonds is 27. The number of hydrogen-bond donors (Lipinski definition) is 0. The Kier molecular flexibility index (Phi) is 29.3. The molecule has 0 bridgehead atoms. The van der Waals surface area contributed by atoms with E-state index in [0.29, 0.717) is 13.2 Å². The average Bonchev–Trinajstić information content (AvgIpc) is 3.59. The van der Waals surface area contributed by atoms with E-state index in [-0.39, 0.29) is 12.2 Å².